The molecule has 0 spiro atoms. The smallest absolute Gasteiger partial charge is 0.209 e. The van der Waals surface area contributed by atoms with Crippen molar-refractivity contribution >= 4 is 23.0 Å². The molecule has 0 amide bonds. The lowest BCUT2D eigenvalue weighted by atomic mass is 9.81. The largest absolute Gasteiger partial charge is 0.460 e. The standard InChI is InChI=1S/C34H40ClN2O/c1-33(2)26-14-6-8-16-28(26)37(23-11-22-36-5)30(33)20-18-24-12-10-13-25(32(24)35)19-21-31-34(3,4)27-15-7-9-17-29(27)38-31/h6-9,14-21,36H,10-13,22-23H2,1-5H3/q+1/b20-18+,25-19+,31-21+. The van der Waals surface area contributed by atoms with E-state index in [9.17, 15) is 0 Å². The molecule has 0 aromatic heterocycles. The van der Waals surface area contributed by atoms with E-state index in [-0.39, 0.29) is 10.8 Å². The summed E-state index contributed by atoms with van der Waals surface area (Å²) >= 11 is 7.04. The van der Waals surface area contributed by atoms with Gasteiger partial charge < -0.3 is 10.1 Å². The minimum absolute atomic E-state index is 0.0576. The van der Waals surface area contributed by atoms with Gasteiger partial charge in [0, 0.05) is 41.3 Å². The first-order valence-electron chi connectivity index (χ1n) is 13.9. The fourth-order valence-corrected chi connectivity index (χ4v) is 6.37. The van der Waals surface area contributed by atoms with Crippen molar-refractivity contribution in [3.8, 4) is 5.75 Å². The first-order valence-corrected chi connectivity index (χ1v) is 14.3. The van der Waals surface area contributed by atoms with Crippen LogP contribution in [0.3, 0.4) is 0 Å². The van der Waals surface area contributed by atoms with E-state index in [0.717, 1.165) is 55.3 Å². The van der Waals surface area contributed by atoms with E-state index in [1.165, 1.54) is 33.7 Å². The maximum atomic E-state index is 7.04. The highest BCUT2D eigenvalue weighted by Gasteiger charge is 2.44. The third-order valence-corrected chi connectivity index (χ3v) is 8.82. The SMILES string of the molecule is CNCCC[N+]1=C(/C=C/C2=C(Cl)C(=C/C=C3/Oc4ccccc4C3(C)C)/CCC2)C(C)(C)c2ccccc21. The molecule has 38 heavy (non-hydrogen) atoms. The summed E-state index contributed by atoms with van der Waals surface area (Å²) in [5.41, 5.74) is 7.47. The number of nitrogens with one attached hydrogen (secondary N) is 1. The van der Waals surface area contributed by atoms with Gasteiger partial charge in [-0.15, -0.1) is 0 Å². The Morgan fingerprint density at radius 1 is 0.921 bits per heavy atom. The molecule has 0 saturated carbocycles. The molecule has 198 valence electrons. The summed E-state index contributed by atoms with van der Waals surface area (Å²) in [6, 6.07) is 17.1. The van der Waals surface area contributed by atoms with Crippen LogP contribution >= 0.6 is 11.6 Å². The van der Waals surface area contributed by atoms with E-state index in [1.54, 1.807) is 0 Å². The summed E-state index contributed by atoms with van der Waals surface area (Å²) in [7, 11) is 2.02. The van der Waals surface area contributed by atoms with Crippen LogP contribution in [-0.4, -0.2) is 30.4 Å². The first kappa shape index (κ1) is 26.7. The highest BCUT2D eigenvalue weighted by molar-refractivity contribution is 6.32. The Hall–Kier alpha value is -2.88. The van der Waals surface area contributed by atoms with Crippen molar-refractivity contribution in [2.24, 2.45) is 0 Å². The minimum Gasteiger partial charge on any atom is -0.460 e. The molecule has 1 N–H and O–H groups in total. The number of allylic oxidation sites excluding steroid dienone is 8. The van der Waals surface area contributed by atoms with Crippen LogP contribution in [0.2, 0.25) is 0 Å². The summed E-state index contributed by atoms with van der Waals surface area (Å²) < 4.78 is 8.72. The number of hydrogen-bond donors (Lipinski definition) is 1. The predicted molar refractivity (Wildman–Crippen MR) is 160 cm³/mol. The summed E-state index contributed by atoms with van der Waals surface area (Å²) in [6.07, 6.45) is 13.0. The molecule has 0 atom stereocenters. The summed E-state index contributed by atoms with van der Waals surface area (Å²) in [5, 5.41) is 4.17. The molecule has 0 radical (unpaired) electrons. The molecular formula is C34H40ClN2O+. The monoisotopic (exact) mass is 527 g/mol. The van der Waals surface area contributed by atoms with Gasteiger partial charge in [-0.3, -0.25) is 0 Å². The molecule has 0 fully saturated rings. The lowest BCUT2D eigenvalue weighted by Gasteiger charge is -2.19. The second-order valence-electron chi connectivity index (χ2n) is 11.6. The quantitative estimate of drug-likeness (QED) is 0.290. The van der Waals surface area contributed by atoms with Crippen molar-refractivity contribution in [2.45, 2.75) is 64.2 Å². The van der Waals surface area contributed by atoms with Gasteiger partial charge in [-0.1, -0.05) is 60.2 Å². The Balaban J connectivity index is 1.45. The average molecular weight is 528 g/mol. The molecule has 3 nitrogen and oxygen atoms in total. The van der Waals surface area contributed by atoms with Gasteiger partial charge in [0.05, 0.1) is 10.8 Å². The fourth-order valence-electron chi connectivity index (χ4n) is 6.05. The number of rotatable bonds is 7. The van der Waals surface area contributed by atoms with Crippen molar-refractivity contribution < 1.29 is 9.31 Å². The van der Waals surface area contributed by atoms with Crippen molar-refractivity contribution in [1.29, 1.82) is 0 Å². The number of para-hydroxylation sites is 2. The van der Waals surface area contributed by atoms with E-state index < -0.39 is 0 Å². The fraction of sp³-hybridized carbons (Fsp3) is 0.382. The van der Waals surface area contributed by atoms with Crippen molar-refractivity contribution in [1.82, 2.24) is 5.32 Å². The van der Waals surface area contributed by atoms with Crippen LogP contribution in [0.15, 0.2) is 94.8 Å². The predicted octanol–water partition coefficient (Wildman–Crippen LogP) is 8.09. The number of fused-ring (bicyclic) bond motifs is 2. The van der Waals surface area contributed by atoms with Gasteiger partial charge in [-0.05, 0) is 77.3 Å². The highest BCUT2D eigenvalue weighted by Crippen LogP contribution is 2.45. The van der Waals surface area contributed by atoms with Gasteiger partial charge in [0.15, 0.2) is 12.3 Å². The van der Waals surface area contributed by atoms with Gasteiger partial charge in [0.1, 0.15) is 11.5 Å². The molecule has 2 aliphatic heterocycles. The average Bonchev–Trinajstić information content (AvgIpc) is 3.29. The number of benzene rings is 2. The van der Waals surface area contributed by atoms with Gasteiger partial charge in [0.25, 0.3) is 0 Å². The number of ether oxygens (including phenoxy) is 1. The van der Waals surface area contributed by atoms with Crippen LogP contribution in [0.1, 0.15) is 64.5 Å². The van der Waals surface area contributed by atoms with Crippen molar-refractivity contribution in [3.05, 3.63) is 106 Å². The highest BCUT2D eigenvalue weighted by atomic mass is 35.5. The zero-order valence-corrected chi connectivity index (χ0v) is 24.2. The second-order valence-corrected chi connectivity index (χ2v) is 12.0. The van der Waals surface area contributed by atoms with E-state index in [0.29, 0.717) is 0 Å². The van der Waals surface area contributed by atoms with Gasteiger partial charge in [0.2, 0.25) is 5.69 Å². The van der Waals surface area contributed by atoms with E-state index >= 15 is 0 Å². The maximum Gasteiger partial charge on any atom is 0.209 e. The molecule has 3 aliphatic rings. The molecule has 4 heteroatoms. The molecule has 2 aromatic carbocycles. The maximum absolute atomic E-state index is 7.04. The minimum atomic E-state index is -0.155. The molecule has 0 saturated heterocycles. The summed E-state index contributed by atoms with van der Waals surface area (Å²) in [5.74, 6) is 1.92. The third kappa shape index (κ3) is 4.83. The van der Waals surface area contributed by atoms with Gasteiger partial charge >= 0.3 is 0 Å². The number of hydrogen-bond acceptors (Lipinski definition) is 2. The first-order chi connectivity index (χ1) is 18.2. The number of nitrogens with zero attached hydrogens (tertiary/aromatic N) is 1. The Morgan fingerprint density at radius 3 is 2.42 bits per heavy atom. The summed E-state index contributed by atoms with van der Waals surface area (Å²) in [6.45, 7) is 11.1. The molecule has 0 unspecified atom stereocenters. The molecular weight excluding hydrogens is 488 g/mol. The molecule has 0 bridgehead atoms. The van der Waals surface area contributed by atoms with Crippen LogP contribution in [0.25, 0.3) is 0 Å². The Bertz CT molecular complexity index is 1390. The van der Waals surface area contributed by atoms with Gasteiger partial charge in [-0.2, -0.15) is 4.58 Å². The number of halogens is 1. The Kier molecular flexibility index (Phi) is 7.53. The van der Waals surface area contributed by atoms with E-state index in [1.807, 2.05) is 19.2 Å². The lowest BCUT2D eigenvalue weighted by molar-refractivity contribution is -0.437. The van der Waals surface area contributed by atoms with Crippen LogP contribution < -0.4 is 10.1 Å². The molecule has 2 heterocycles. The summed E-state index contributed by atoms with van der Waals surface area (Å²) in [4.78, 5) is 0. The van der Waals surface area contributed by atoms with Crippen LogP contribution in [-0.2, 0) is 10.8 Å². The van der Waals surface area contributed by atoms with Crippen LogP contribution in [0.5, 0.6) is 5.75 Å². The van der Waals surface area contributed by atoms with E-state index in [2.05, 4.69) is 98.3 Å². The second kappa shape index (κ2) is 10.7. The normalized spacial score (nSPS) is 21.9. The van der Waals surface area contributed by atoms with E-state index in [4.69, 9.17) is 16.3 Å². The zero-order valence-electron chi connectivity index (χ0n) is 23.4. The third-order valence-electron chi connectivity index (χ3n) is 8.34. The molecule has 1 aliphatic carbocycles. The molecule has 2 aromatic rings. The molecule has 5 rings (SSSR count). The zero-order chi connectivity index (χ0) is 26.9. The lowest BCUT2D eigenvalue weighted by Crippen LogP contribution is -2.28. The van der Waals surface area contributed by atoms with Crippen molar-refractivity contribution in [2.75, 3.05) is 20.1 Å². The van der Waals surface area contributed by atoms with Crippen molar-refractivity contribution in [3.63, 3.8) is 0 Å². The topological polar surface area (TPSA) is 24.3 Å². The Labute approximate surface area is 233 Å². The van der Waals surface area contributed by atoms with Crippen LogP contribution in [0, 0.1) is 0 Å². The Morgan fingerprint density at radius 2 is 1.66 bits per heavy atom. The van der Waals surface area contributed by atoms with Crippen LogP contribution in [0.4, 0.5) is 5.69 Å². The van der Waals surface area contributed by atoms with Gasteiger partial charge in [-0.25, -0.2) is 0 Å².